The van der Waals surface area contributed by atoms with E-state index in [4.69, 9.17) is 11.6 Å². The smallest absolute Gasteiger partial charge is 0.413 e. The van der Waals surface area contributed by atoms with Gasteiger partial charge in [0.2, 0.25) is 0 Å². The number of thiazole rings is 1. The third kappa shape index (κ3) is 2.99. The molecule has 0 fully saturated rings. The van der Waals surface area contributed by atoms with E-state index in [9.17, 15) is 9.90 Å². The lowest BCUT2D eigenvalue weighted by atomic mass is 10.3. The Bertz CT molecular complexity index is 954. The normalized spacial score (nSPS) is 11.2. The molecule has 0 bridgehead atoms. The number of carboxylic acid groups (broad SMARTS) is 1. The van der Waals surface area contributed by atoms with Crippen LogP contribution >= 0.6 is 38.9 Å². The van der Waals surface area contributed by atoms with Crippen LogP contribution < -0.4 is 4.90 Å². The number of carbonyl (C=O) groups is 1. The van der Waals surface area contributed by atoms with E-state index in [-0.39, 0.29) is 11.7 Å². The van der Waals surface area contributed by atoms with Crippen LogP contribution in [0.15, 0.2) is 10.5 Å². The monoisotopic (exact) mass is 429 g/mol. The lowest BCUT2D eigenvalue weighted by Crippen LogP contribution is -2.30. The van der Waals surface area contributed by atoms with Crippen LogP contribution in [0.3, 0.4) is 0 Å². The zero-order chi connectivity index (χ0) is 17.6. The van der Waals surface area contributed by atoms with Crippen molar-refractivity contribution in [2.75, 3.05) is 4.90 Å². The summed E-state index contributed by atoms with van der Waals surface area (Å²) in [5.41, 5.74) is 1.98. The van der Waals surface area contributed by atoms with Crippen molar-refractivity contribution in [3.05, 3.63) is 37.0 Å². The van der Waals surface area contributed by atoms with Crippen LogP contribution in [0.25, 0.3) is 5.65 Å². The first-order valence-corrected chi connectivity index (χ1v) is 8.91. The highest BCUT2D eigenvalue weighted by Crippen LogP contribution is 2.29. The number of halogens is 2. The summed E-state index contributed by atoms with van der Waals surface area (Å²) in [5.74, 6) is 0.330. The van der Waals surface area contributed by atoms with Crippen molar-refractivity contribution in [1.82, 2.24) is 19.6 Å². The van der Waals surface area contributed by atoms with Gasteiger partial charge in [0.05, 0.1) is 27.4 Å². The molecule has 0 unspecified atom stereocenters. The van der Waals surface area contributed by atoms with Gasteiger partial charge >= 0.3 is 6.09 Å². The van der Waals surface area contributed by atoms with Crippen LogP contribution in [0.5, 0.6) is 0 Å². The first kappa shape index (κ1) is 17.1. The molecule has 0 aromatic carbocycles. The number of aromatic nitrogens is 4. The Labute approximate surface area is 155 Å². The zero-order valence-electron chi connectivity index (χ0n) is 13.0. The summed E-state index contributed by atoms with van der Waals surface area (Å²) in [4.78, 5) is 22.5. The average molecular weight is 431 g/mol. The maximum absolute atomic E-state index is 11.9. The van der Waals surface area contributed by atoms with Gasteiger partial charge in [0.1, 0.15) is 11.0 Å². The fourth-order valence-corrected chi connectivity index (χ4v) is 3.80. The summed E-state index contributed by atoms with van der Waals surface area (Å²) in [6, 6.07) is 1.49. The Morgan fingerprint density at radius 3 is 2.67 bits per heavy atom. The highest BCUT2D eigenvalue weighted by atomic mass is 79.9. The van der Waals surface area contributed by atoms with Crippen LogP contribution in [0, 0.1) is 20.8 Å². The highest BCUT2D eigenvalue weighted by Gasteiger charge is 2.23. The number of nitrogens with zero attached hydrogens (tertiary/aromatic N) is 5. The minimum atomic E-state index is -1.10. The van der Waals surface area contributed by atoms with Gasteiger partial charge in [-0.15, -0.1) is 11.3 Å². The molecule has 3 rings (SSSR count). The molecule has 7 nitrogen and oxygen atoms in total. The maximum Gasteiger partial charge on any atom is 0.413 e. The molecule has 3 heterocycles. The van der Waals surface area contributed by atoms with Crippen LogP contribution in [0.4, 0.5) is 10.6 Å². The molecule has 126 valence electrons. The predicted molar refractivity (Wildman–Crippen MR) is 96.2 cm³/mol. The molecule has 1 amide bonds. The molecule has 0 radical (unpaired) electrons. The molecule has 0 aliphatic carbocycles. The summed E-state index contributed by atoms with van der Waals surface area (Å²) in [6.45, 7) is 5.72. The van der Waals surface area contributed by atoms with Crippen molar-refractivity contribution < 1.29 is 9.90 Å². The summed E-state index contributed by atoms with van der Waals surface area (Å²) in [5, 5.41) is 15.2. The number of hydrogen-bond acceptors (Lipinski definition) is 5. The molecule has 24 heavy (non-hydrogen) atoms. The Morgan fingerprint density at radius 2 is 2.08 bits per heavy atom. The summed E-state index contributed by atoms with van der Waals surface area (Å²) >= 11 is 11.0. The van der Waals surface area contributed by atoms with Crippen LogP contribution in [-0.4, -0.2) is 30.8 Å². The van der Waals surface area contributed by atoms with E-state index in [2.05, 4.69) is 31.0 Å². The van der Waals surface area contributed by atoms with E-state index >= 15 is 0 Å². The fraction of sp³-hybridized carbons (Fsp3) is 0.286. The summed E-state index contributed by atoms with van der Waals surface area (Å²) in [6.07, 6.45) is -1.10. The van der Waals surface area contributed by atoms with Gasteiger partial charge in [-0.05, 0) is 36.7 Å². The van der Waals surface area contributed by atoms with E-state index in [0.717, 1.165) is 15.6 Å². The third-order valence-electron chi connectivity index (χ3n) is 3.45. The van der Waals surface area contributed by atoms with Crippen molar-refractivity contribution >= 4 is 56.4 Å². The number of aryl methyl sites for hydroxylation is 3. The van der Waals surface area contributed by atoms with Crippen LogP contribution in [-0.2, 0) is 6.54 Å². The van der Waals surface area contributed by atoms with Crippen LogP contribution in [0.2, 0.25) is 5.15 Å². The molecule has 3 aromatic heterocycles. The van der Waals surface area contributed by atoms with E-state index in [1.54, 1.807) is 6.92 Å². The second-order valence-electron chi connectivity index (χ2n) is 5.18. The van der Waals surface area contributed by atoms with Crippen molar-refractivity contribution in [2.24, 2.45) is 0 Å². The number of rotatable bonds is 3. The zero-order valence-corrected chi connectivity index (χ0v) is 16.2. The Morgan fingerprint density at radius 1 is 1.38 bits per heavy atom. The average Bonchev–Trinajstić information content (AvgIpc) is 2.96. The molecule has 0 saturated carbocycles. The first-order chi connectivity index (χ1) is 11.3. The SMILES string of the molecule is Cc1nc(C)c(CN(C(=O)O)c2cc(Cl)nc3c(Br)c(C)nn23)s1. The molecule has 0 aliphatic rings. The Kier molecular flexibility index (Phi) is 4.50. The van der Waals surface area contributed by atoms with Crippen molar-refractivity contribution in [3.8, 4) is 0 Å². The standard InChI is InChI=1S/C14H13BrClN5O2S/c1-6-9(24-8(3)17-6)5-20(14(22)23)11-4-10(16)18-13-12(15)7(2)19-21(11)13/h4H,5H2,1-3H3,(H,22,23). The van der Waals surface area contributed by atoms with Gasteiger partial charge in [-0.3, -0.25) is 4.90 Å². The molecule has 10 heteroatoms. The largest absolute Gasteiger partial charge is 0.465 e. The fourth-order valence-electron chi connectivity index (χ4n) is 2.36. The van der Waals surface area contributed by atoms with Gasteiger partial charge in [-0.2, -0.15) is 9.61 Å². The van der Waals surface area contributed by atoms with Crippen molar-refractivity contribution in [1.29, 1.82) is 0 Å². The molecular formula is C14H13BrClN5O2S. The molecule has 0 saturated heterocycles. The van der Waals surface area contributed by atoms with Gasteiger partial charge < -0.3 is 5.11 Å². The van der Waals surface area contributed by atoms with E-state index in [1.165, 1.54) is 26.8 Å². The lowest BCUT2D eigenvalue weighted by molar-refractivity contribution is 0.201. The quantitative estimate of drug-likeness (QED) is 0.629. The Hall–Kier alpha value is -1.71. The van der Waals surface area contributed by atoms with Crippen molar-refractivity contribution in [2.45, 2.75) is 27.3 Å². The molecule has 0 aliphatic heterocycles. The topological polar surface area (TPSA) is 83.6 Å². The second kappa shape index (κ2) is 6.30. The summed E-state index contributed by atoms with van der Waals surface area (Å²) < 4.78 is 2.16. The minimum Gasteiger partial charge on any atom is -0.465 e. The van der Waals surface area contributed by atoms with E-state index < -0.39 is 6.09 Å². The highest BCUT2D eigenvalue weighted by molar-refractivity contribution is 9.10. The first-order valence-electron chi connectivity index (χ1n) is 6.92. The van der Waals surface area contributed by atoms with Gasteiger partial charge in [0, 0.05) is 10.9 Å². The number of fused-ring (bicyclic) bond motifs is 1. The number of amides is 1. The molecule has 3 aromatic rings. The number of anilines is 1. The predicted octanol–water partition coefficient (Wildman–Crippen LogP) is 4.21. The summed E-state index contributed by atoms with van der Waals surface area (Å²) in [7, 11) is 0. The van der Waals surface area contributed by atoms with E-state index in [0.29, 0.717) is 21.6 Å². The van der Waals surface area contributed by atoms with Crippen molar-refractivity contribution in [3.63, 3.8) is 0 Å². The van der Waals surface area contributed by atoms with E-state index in [1.807, 2.05) is 13.8 Å². The maximum atomic E-state index is 11.9. The molecular weight excluding hydrogens is 418 g/mol. The second-order valence-corrected chi connectivity index (χ2v) is 7.65. The molecule has 1 N–H and O–H groups in total. The molecule has 0 spiro atoms. The minimum absolute atomic E-state index is 0.165. The van der Waals surface area contributed by atoms with Gasteiger partial charge in [0.25, 0.3) is 0 Å². The van der Waals surface area contributed by atoms with Gasteiger partial charge in [0.15, 0.2) is 5.65 Å². The lowest BCUT2D eigenvalue weighted by Gasteiger charge is -2.19. The van der Waals surface area contributed by atoms with Gasteiger partial charge in [-0.1, -0.05) is 11.6 Å². The Balaban J connectivity index is 2.15. The third-order valence-corrected chi connectivity index (χ3v) is 5.63. The number of hydrogen-bond donors (Lipinski definition) is 1. The molecule has 0 atom stereocenters. The van der Waals surface area contributed by atoms with Crippen LogP contribution in [0.1, 0.15) is 21.3 Å². The van der Waals surface area contributed by atoms with Gasteiger partial charge in [-0.25, -0.2) is 14.8 Å².